The number of rotatable bonds is 7. The molecule has 0 aromatic heterocycles. The van der Waals surface area contributed by atoms with Crippen molar-refractivity contribution in [3.63, 3.8) is 0 Å². The van der Waals surface area contributed by atoms with Crippen LogP contribution >= 0.6 is 0 Å². The lowest BCUT2D eigenvalue weighted by molar-refractivity contribution is 0.155. The van der Waals surface area contributed by atoms with Crippen LogP contribution < -0.4 is 5.32 Å². The lowest BCUT2D eigenvalue weighted by Gasteiger charge is -2.37. The number of fused-ring (bicyclic) bond motifs is 1. The number of anilines is 1. The van der Waals surface area contributed by atoms with Crippen molar-refractivity contribution in [1.29, 1.82) is 5.26 Å². The summed E-state index contributed by atoms with van der Waals surface area (Å²) in [5.74, 6) is 0.106. The van der Waals surface area contributed by atoms with E-state index in [1.165, 1.54) is 17.7 Å². The lowest BCUT2D eigenvalue weighted by atomic mass is 9.80. The Balaban J connectivity index is 1.26. The largest absolute Gasteiger partial charge is 0.322 e. The third-order valence-electron chi connectivity index (χ3n) is 8.14. The number of halogens is 2. The average molecular weight is 479 g/mol. The van der Waals surface area contributed by atoms with E-state index in [1.54, 1.807) is 12.1 Å². The van der Waals surface area contributed by atoms with Crippen molar-refractivity contribution in [3.8, 4) is 6.07 Å². The first-order chi connectivity index (χ1) is 17.0. The summed E-state index contributed by atoms with van der Waals surface area (Å²) in [5.41, 5.74) is 2.51. The predicted molar refractivity (Wildman–Crippen MR) is 131 cm³/mol. The van der Waals surface area contributed by atoms with Gasteiger partial charge in [-0.3, -0.25) is 0 Å². The van der Waals surface area contributed by atoms with E-state index in [-0.39, 0.29) is 23.3 Å². The van der Waals surface area contributed by atoms with E-state index in [4.69, 9.17) is 0 Å². The minimum atomic E-state index is -0.747. The molecule has 5 nitrogen and oxygen atoms in total. The molecule has 4 atom stereocenters. The predicted octanol–water partition coefficient (Wildman–Crippen LogP) is 5.48. The van der Waals surface area contributed by atoms with Crippen LogP contribution in [-0.2, 0) is 5.41 Å². The minimum Gasteiger partial charge on any atom is -0.321 e. The first-order valence-corrected chi connectivity index (χ1v) is 12.7. The highest BCUT2D eigenvalue weighted by Crippen LogP contribution is 2.62. The molecule has 3 fully saturated rings. The highest BCUT2D eigenvalue weighted by atomic mass is 19.1. The number of benzene rings is 2. The number of nitrogens with zero attached hydrogens (tertiary/aromatic N) is 3. The average Bonchev–Trinajstić information content (AvgIpc) is 3.46. The van der Waals surface area contributed by atoms with Gasteiger partial charge < -0.3 is 15.1 Å². The molecule has 0 radical (unpaired) electrons. The summed E-state index contributed by atoms with van der Waals surface area (Å²) in [5, 5.41) is 12.2. The lowest BCUT2D eigenvalue weighted by Crippen LogP contribution is -2.46. The molecule has 1 unspecified atom stereocenters. The molecule has 2 aromatic rings. The molecule has 0 spiro atoms. The van der Waals surface area contributed by atoms with Crippen LogP contribution in [0, 0.1) is 23.1 Å². The maximum atomic E-state index is 13.7. The van der Waals surface area contributed by atoms with Crippen LogP contribution in [0.2, 0.25) is 0 Å². The number of carbonyl (C=O) groups is 1. The van der Waals surface area contributed by atoms with Gasteiger partial charge in [0.25, 0.3) is 0 Å². The third kappa shape index (κ3) is 5.18. The second-order valence-corrected chi connectivity index (χ2v) is 10.4. The number of nitrogens with one attached hydrogen (secondary N) is 1. The minimum absolute atomic E-state index is 0.107. The topological polar surface area (TPSA) is 59.4 Å². The molecule has 1 aliphatic heterocycles. The highest BCUT2D eigenvalue weighted by molar-refractivity contribution is 5.89. The summed E-state index contributed by atoms with van der Waals surface area (Å²) >= 11 is 0. The third-order valence-corrected chi connectivity index (χ3v) is 8.14. The SMILES string of the molecule is N#Cc1cccc([C@]23CC[C@@H](N(CCCN4CC[C@H](F)C4)C(=O)Nc4cccc(F)c4)CC2C3)c1. The molecule has 184 valence electrons. The zero-order valence-electron chi connectivity index (χ0n) is 19.9. The van der Waals surface area contributed by atoms with E-state index in [2.05, 4.69) is 22.4 Å². The number of likely N-dealkylation sites (tertiary alicyclic amines) is 1. The van der Waals surface area contributed by atoms with Crippen molar-refractivity contribution in [1.82, 2.24) is 9.80 Å². The van der Waals surface area contributed by atoms with Crippen molar-refractivity contribution >= 4 is 11.7 Å². The van der Waals surface area contributed by atoms with Crippen LogP contribution in [0.25, 0.3) is 0 Å². The van der Waals surface area contributed by atoms with Crippen molar-refractivity contribution in [2.24, 2.45) is 5.92 Å². The molecule has 2 aromatic carbocycles. The van der Waals surface area contributed by atoms with E-state index in [0.29, 0.717) is 36.7 Å². The Labute approximate surface area is 205 Å². The van der Waals surface area contributed by atoms with Crippen LogP contribution in [0.5, 0.6) is 0 Å². The van der Waals surface area contributed by atoms with E-state index in [1.807, 2.05) is 23.1 Å². The Morgan fingerprint density at radius 1 is 1.23 bits per heavy atom. The highest BCUT2D eigenvalue weighted by Gasteiger charge is 2.58. The fraction of sp³-hybridized carbons (Fsp3) is 0.500. The molecule has 7 heteroatoms. The standard InChI is InChI=1S/C28H32F2N4O/c29-23-6-2-7-25(16-23)32-27(35)34(12-3-11-33-13-9-24(30)19-33)26-8-10-28(17-22(28)15-26)21-5-1-4-20(14-21)18-31/h1-2,4-7,14,16,22,24,26H,3,8-13,15,17,19H2,(H,32,35)/t22?,24-,26+,28+/m0/s1. The summed E-state index contributed by atoms with van der Waals surface area (Å²) in [6.07, 6.45) is 4.50. The molecule has 2 amide bonds. The molecule has 2 aliphatic carbocycles. The van der Waals surface area contributed by atoms with Crippen LogP contribution in [0.3, 0.4) is 0 Å². The zero-order valence-corrected chi connectivity index (χ0v) is 19.9. The van der Waals surface area contributed by atoms with Crippen molar-refractivity contribution in [3.05, 3.63) is 65.5 Å². The van der Waals surface area contributed by atoms with Gasteiger partial charge in [-0.2, -0.15) is 5.26 Å². The molecular weight excluding hydrogens is 446 g/mol. The second-order valence-electron chi connectivity index (χ2n) is 10.4. The van der Waals surface area contributed by atoms with E-state index < -0.39 is 6.17 Å². The van der Waals surface area contributed by atoms with Gasteiger partial charge in [0.2, 0.25) is 0 Å². The number of amides is 2. The van der Waals surface area contributed by atoms with Crippen molar-refractivity contribution < 1.29 is 13.6 Å². The first-order valence-electron chi connectivity index (χ1n) is 12.7. The van der Waals surface area contributed by atoms with Gasteiger partial charge in [-0.25, -0.2) is 13.6 Å². The van der Waals surface area contributed by atoms with Gasteiger partial charge in [0, 0.05) is 31.4 Å². The number of nitriles is 1. The van der Waals surface area contributed by atoms with Gasteiger partial charge in [-0.1, -0.05) is 18.2 Å². The Kier molecular flexibility index (Phi) is 6.75. The van der Waals surface area contributed by atoms with Crippen LogP contribution in [0.1, 0.15) is 49.7 Å². The molecule has 3 aliphatic rings. The van der Waals surface area contributed by atoms with Crippen molar-refractivity contribution in [2.75, 3.05) is 31.5 Å². The first kappa shape index (κ1) is 23.7. The Morgan fingerprint density at radius 3 is 2.83 bits per heavy atom. The molecule has 0 bridgehead atoms. The molecule has 35 heavy (non-hydrogen) atoms. The quantitative estimate of drug-likeness (QED) is 0.574. The van der Waals surface area contributed by atoms with Gasteiger partial charge in [-0.05, 0) is 92.3 Å². The summed E-state index contributed by atoms with van der Waals surface area (Å²) in [7, 11) is 0. The normalized spacial score (nSPS) is 27.6. The van der Waals surface area contributed by atoms with Gasteiger partial charge in [0.05, 0.1) is 11.6 Å². The number of alkyl halides is 1. The summed E-state index contributed by atoms with van der Waals surface area (Å²) in [4.78, 5) is 17.4. The van der Waals surface area contributed by atoms with Crippen molar-refractivity contribution in [2.45, 2.75) is 56.2 Å². The maximum absolute atomic E-state index is 13.7. The Bertz CT molecular complexity index is 1120. The smallest absolute Gasteiger partial charge is 0.321 e. The number of hydrogen-bond acceptors (Lipinski definition) is 3. The van der Waals surface area contributed by atoms with Crippen LogP contribution in [0.15, 0.2) is 48.5 Å². The molecule has 1 N–H and O–H groups in total. The van der Waals surface area contributed by atoms with Crippen LogP contribution in [-0.4, -0.2) is 54.2 Å². The monoisotopic (exact) mass is 478 g/mol. The van der Waals surface area contributed by atoms with Gasteiger partial charge >= 0.3 is 6.03 Å². The second kappa shape index (κ2) is 9.94. The van der Waals surface area contributed by atoms with Gasteiger partial charge in [0.15, 0.2) is 0 Å². The fourth-order valence-electron chi connectivity index (χ4n) is 6.21. The summed E-state index contributed by atoms with van der Waals surface area (Å²) in [6, 6.07) is 16.1. The van der Waals surface area contributed by atoms with E-state index in [0.717, 1.165) is 45.2 Å². The number of carbonyl (C=O) groups excluding carboxylic acids is 1. The maximum Gasteiger partial charge on any atom is 0.322 e. The van der Waals surface area contributed by atoms with E-state index in [9.17, 15) is 18.8 Å². The molecule has 1 saturated heterocycles. The molecular formula is C28H32F2N4O. The zero-order chi connectivity index (χ0) is 24.4. The van der Waals surface area contributed by atoms with Gasteiger partial charge in [-0.15, -0.1) is 0 Å². The molecule has 2 saturated carbocycles. The summed E-state index contributed by atoms with van der Waals surface area (Å²) < 4.78 is 27.2. The molecule has 1 heterocycles. The summed E-state index contributed by atoms with van der Waals surface area (Å²) in [6.45, 7) is 2.60. The Morgan fingerprint density at radius 2 is 2.09 bits per heavy atom. The molecule has 5 rings (SSSR count). The number of urea groups is 1. The van der Waals surface area contributed by atoms with Gasteiger partial charge in [0.1, 0.15) is 12.0 Å². The Hall–Kier alpha value is -2.98. The number of hydrogen-bond donors (Lipinski definition) is 1. The van der Waals surface area contributed by atoms with E-state index >= 15 is 0 Å². The van der Waals surface area contributed by atoms with Crippen LogP contribution in [0.4, 0.5) is 19.3 Å². The fourth-order valence-corrected chi connectivity index (χ4v) is 6.21.